The quantitative estimate of drug-likeness (QED) is 0.820. The Morgan fingerprint density at radius 1 is 1.40 bits per heavy atom. The number of aliphatic hydroxyl groups is 1. The molecule has 2 N–H and O–H groups in total. The summed E-state index contributed by atoms with van der Waals surface area (Å²) < 4.78 is 26.3. The maximum absolute atomic E-state index is 11.9. The molecule has 0 spiro atoms. The highest BCUT2D eigenvalue weighted by atomic mass is 35.5. The Bertz CT molecular complexity index is 615. The van der Waals surface area contributed by atoms with Crippen LogP contribution in [-0.2, 0) is 10.0 Å². The summed E-state index contributed by atoms with van der Waals surface area (Å²) in [6, 6.07) is 4.88. The number of benzene rings is 1. The normalized spacial score (nSPS) is 11.1. The van der Waals surface area contributed by atoms with Gasteiger partial charge in [0.2, 0.25) is 10.0 Å². The van der Waals surface area contributed by atoms with Crippen molar-refractivity contribution >= 4 is 27.3 Å². The molecule has 0 aliphatic carbocycles. The van der Waals surface area contributed by atoms with E-state index < -0.39 is 10.0 Å². The minimum Gasteiger partial charge on any atom is -0.395 e. The van der Waals surface area contributed by atoms with Crippen molar-refractivity contribution in [1.29, 1.82) is 0 Å². The molecular weight excluding hydrogens is 298 g/mol. The summed E-state index contributed by atoms with van der Waals surface area (Å²) in [5.41, 5.74) is 0.966. The molecule has 0 amide bonds. The van der Waals surface area contributed by atoms with Crippen molar-refractivity contribution in [1.82, 2.24) is 0 Å². The van der Waals surface area contributed by atoms with Crippen molar-refractivity contribution in [2.24, 2.45) is 5.92 Å². The molecule has 0 bridgehead atoms. The van der Waals surface area contributed by atoms with Crippen molar-refractivity contribution in [3.05, 3.63) is 28.8 Å². The van der Waals surface area contributed by atoms with Gasteiger partial charge in [0.05, 0.1) is 23.1 Å². The summed E-state index contributed by atoms with van der Waals surface area (Å²) in [6.07, 6.45) is 0.372. The second-order valence-corrected chi connectivity index (χ2v) is 6.92. The molecule has 0 saturated heterocycles. The van der Waals surface area contributed by atoms with E-state index in [1.54, 1.807) is 18.2 Å². The van der Waals surface area contributed by atoms with Crippen LogP contribution in [-0.4, -0.2) is 25.9 Å². The van der Waals surface area contributed by atoms with Gasteiger partial charge in [0.15, 0.2) is 0 Å². The standard InChI is InChI=1S/C14H18ClNO3S/c1-11(2)10-20(18,19)16-14-9-12(5-3-4-8-17)6-7-13(14)15/h6-7,9,11,16-17H,4,8,10H2,1-2H3. The molecule has 20 heavy (non-hydrogen) atoms. The van der Waals surface area contributed by atoms with Crippen molar-refractivity contribution in [2.75, 3.05) is 17.1 Å². The van der Waals surface area contributed by atoms with E-state index in [1.807, 2.05) is 13.8 Å². The number of sulfonamides is 1. The number of hydrogen-bond acceptors (Lipinski definition) is 3. The lowest BCUT2D eigenvalue weighted by molar-refractivity contribution is 0.305. The lowest BCUT2D eigenvalue weighted by Crippen LogP contribution is -2.20. The molecule has 4 nitrogen and oxygen atoms in total. The van der Waals surface area contributed by atoms with E-state index in [2.05, 4.69) is 16.6 Å². The first-order valence-electron chi connectivity index (χ1n) is 6.24. The van der Waals surface area contributed by atoms with Gasteiger partial charge in [-0.2, -0.15) is 0 Å². The van der Waals surface area contributed by atoms with Crippen LogP contribution < -0.4 is 4.72 Å². The van der Waals surface area contributed by atoms with E-state index in [1.165, 1.54) is 0 Å². The molecule has 0 fully saturated rings. The first-order chi connectivity index (χ1) is 9.34. The number of anilines is 1. The van der Waals surface area contributed by atoms with Gasteiger partial charge in [-0.1, -0.05) is 37.3 Å². The molecule has 0 aliphatic rings. The fourth-order valence-electron chi connectivity index (χ4n) is 1.55. The van der Waals surface area contributed by atoms with Gasteiger partial charge in [-0.25, -0.2) is 8.42 Å². The topological polar surface area (TPSA) is 66.4 Å². The lowest BCUT2D eigenvalue weighted by Gasteiger charge is -2.11. The Balaban J connectivity index is 2.96. The van der Waals surface area contributed by atoms with Crippen LogP contribution in [0.5, 0.6) is 0 Å². The van der Waals surface area contributed by atoms with E-state index in [9.17, 15) is 8.42 Å². The van der Waals surface area contributed by atoms with E-state index in [0.717, 1.165) is 0 Å². The lowest BCUT2D eigenvalue weighted by atomic mass is 10.2. The van der Waals surface area contributed by atoms with Crippen LogP contribution in [0.15, 0.2) is 18.2 Å². The first kappa shape index (κ1) is 16.8. The van der Waals surface area contributed by atoms with E-state index in [0.29, 0.717) is 22.7 Å². The van der Waals surface area contributed by atoms with Gasteiger partial charge >= 0.3 is 0 Å². The smallest absolute Gasteiger partial charge is 0.233 e. The van der Waals surface area contributed by atoms with Crippen LogP contribution >= 0.6 is 11.6 Å². The monoisotopic (exact) mass is 315 g/mol. The molecular formula is C14H18ClNO3S. The zero-order chi connectivity index (χ0) is 15.2. The molecule has 6 heteroatoms. The molecule has 0 atom stereocenters. The van der Waals surface area contributed by atoms with Crippen molar-refractivity contribution < 1.29 is 13.5 Å². The average molecular weight is 316 g/mol. The number of halogens is 1. The van der Waals surface area contributed by atoms with Crippen LogP contribution in [0.1, 0.15) is 25.8 Å². The van der Waals surface area contributed by atoms with Gasteiger partial charge in [0.1, 0.15) is 0 Å². The largest absolute Gasteiger partial charge is 0.395 e. The molecule has 1 aromatic carbocycles. The zero-order valence-electron chi connectivity index (χ0n) is 11.5. The van der Waals surface area contributed by atoms with Gasteiger partial charge in [0.25, 0.3) is 0 Å². The molecule has 0 radical (unpaired) electrons. The third kappa shape index (κ3) is 5.83. The van der Waals surface area contributed by atoms with Crippen molar-refractivity contribution in [3.8, 4) is 11.8 Å². The van der Waals surface area contributed by atoms with Gasteiger partial charge < -0.3 is 5.11 Å². The second kappa shape index (κ2) is 7.53. The number of hydrogen-bond donors (Lipinski definition) is 2. The van der Waals surface area contributed by atoms with Gasteiger partial charge in [0, 0.05) is 12.0 Å². The Morgan fingerprint density at radius 3 is 2.70 bits per heavy atom. The number of rotatable bonds is 5. The summed E-state index contributed by atoms with van der Waals surface area (Å²) in [6.45, 7) is 3.66. The van der Waals surface area contributed by atoms with Crippen LogP contribution in [0.2, 0.25) is 5.02 Å². The molecule has 0 saturated carbocycles. The van der Waals surface area contributed by atoms with Crippen LogP contribution in [0.3, 0.4) is 0 Å². The molecule has 0 aliphatic heterocycles. The molecule has 0 unspecified atom stereocenters. The third-order valence-electron chi connectivity index (χ3n) is 2.25. The first-order valence-corrected chi connectivity index (χ1v) is 8.27. The van der Waals surface area contributed by atoms with Crippen molar-refractivity contribution in [3.63, 3.8) is 0 Å². The highest BCUT2D eigenvalue weighted by Gasteiger charge is 2.14. The molecule has 110 valence electrons. The highest BCUT2D eigenvalue weighted by Crippen LogP contribution is 2.24. The van der Waals surface area contributed by atoms with Crippen LogP contribution in [0.25, 0.3) is 0 Å². The second-order valence-electron chi connectivity index (χ2n) is 4.75. The summed E-state index contributed by atoms with van der Waals surface area (Å²) in [4.78, 5) is 0. The van der Waals surface area contributed by atoms with E-state index in [4.69, 9.17) is 16.7 Å². The van der Waals surface area contributed by atoms with E-state index in [-0.39, 0.29) is 18.3 Å². The summed E-state index contributed by atoms with van der Waals surface area (Å²) in [5.74, 6) is 5.67. The Hall–Kier alpha value is -1.22. The highest BCUT2D eigenvalue weighted by molar-refractivity contribution is 7.92. The predicted octanol–water partition coefficient (Wildman–Crippen LogP) is 2.47. The van der Waals surface area contributed by atoms with Gasteiger partial charge in [-0.05, 0) is 24.1 Å². The molecule has 0 heterocycles. The maximum atomic E-state index is 11.9. The summed E-state index contributed by atoms with van der Waals surface area (Å²) in [7, 11) is -3.42. The molecule has 0 aromatic heterocycles. The molecule has 1 aromatic rings. The molecule has 1 rings (SSSR count). The van der Waals surface area contributed by atoms with E-state index >= 15 is 0 Å². The maximum Gasteiger partial charge on any atom is 0.233 e. The fraction of sp³-hybridized carbons (Fsp3) is 0.429. The summed E-state index contributed by atoms with van der Waals surface area (Å²) >= 11 is 5.99. The minimum absolute atomic E-state index is 0.00549. The number of nitrogens with one attached hydrogen (secondary N) is 1. The van der Waals surface area contributed by atoms with Gasteiger partial charge in [-0.3, -0.25) is 4.72 Å². The van der Waals surface area contributed by atoms with Crippen LogP contribution in [0.4, 0.5) is 5.69 Å². The Labute approximate surface area is 125 Å². The third-order valence-corrected chi connectivity index (χ3v) is 4.22. The fourth-order valence-corrected chi connectivity index (χ4v) is 3.24. The summed E-state index contributed by atoms with van der Waals surface area (Å²) in [5, 5.41) is 8.99. The van der Waals surface area contributed by atoms with Crippen LogP contribution in [0, 0.1) is 17.8 Å². The average Bonchev–Trinajstić information content (AvgIpc) is 2.31. The minimum atomic E-state index is -3.42. The zero-order valence-corrected chi connectivity index (χ0v) is 13.1. The van der Waals surface area contributed by atoms with Crippen molar-refractivity contribution in [2.45, 2.75) is 20.3 Å². The number of aliphatic hydroxyl groups excluding tert-OH is 1. The SMILES string of the molecule is CC(C)CS(=O)(=O)Nc1cc(C#CCCO)ccc1Cl. The van der Waals surface area contributed by atoms with Gasteiger partial charge in [-0.15, -0.1) is 0 Å². The Kier molecular flexibility index (Phi) is 6.34. The Morgan fingerprint density at radius 2 is 2.10 bits per heavy atom. The predicted molar refractivity (Wildman–Crippen MR) is 82.3 cm³/mol.